The van der Waals surface area contributed by atoms with Crippen LogP contribution >= 0.6 is 39.0 Å². The van der Waals surface area contributed by atoms with Crippen LogP contribution in [-0.4, -0.2) is 39.8 Å². The van der Waals surface area contributed by atoms with Gasteiger partial charge in [0.2, 0.25) is 11.0 Å². The number of amides is 1. The summed E-state index contributed by atoms with van der Waals surface area (Å²) in [5.41, 5.74) is 0.927. The number of aromatic nitrogens is 2. The maximum atomic E-state index is 12.2. The van der Waals surface area contributed by atoms with Crippen molar-refractivity contribution in [3.8, 4) is 0 Å². The highest BCUT2D eigenvalue weighted by atomic mass is 79.9. The first kappa shape index (κ1) is 18.7. The van der Waals surface area contributed by atoms with E-state index in [4.69, 9.17) is 0 Å². The van der Waals surface area contributed by atoms with Gasteiger partial charge in [-0.2, -0.15) is 0 Å². The summed E-state index contributed by atoms with van der Waals surface area (Å²) in [6.07, 6.45) is 3.41. The standard InChI is InChI=1S/C16H17BrN4OS2/c1-3-8-21(9-4-2)14(22)11-23-16-20-19-15(24-16)18-13-7-5-6-12(17)10-13/h3-7,10H,1-2,8-9,11H2,(H,18,19). The van der Waals surface area contributed by atoms with Crippen LogP contribution in [0.3, 0.4) is 0 Å². The highest BCUT2D eigenvalue weighted by Crippen LogP contribution is 2.28. The average Bonchev–Trinajstić information content (AvgIpc) is 3.00. The van der Waals surface area contributed by atoms with E-state index in [1.165, 1.54) is 23.1 Å². The summed E-state index contributed by atoms with van der Waals surface area (Å²) in [5, 5.41) is 12.1. The summed E-state index contributed by atoms with van der Waals surface area (Å²) in [5.74, 6) is 0.337. The molecule has 0 unspecified atom stereocenters. The fourth-order valence-electron chi connectivity index (χ4n) is 1.81. The van der Waals surface area contributed by atoms with Crippen molar-refractivity contribution >= 4 is 55.8 Å². The molecule has 1 amide bonds. The molecule has 0 fully saturated rings. The number of rotatable bonds is 9. The molecule has 0 aliphatic rings. The first-order valence-electron chi connectivity index (χ1n) is 7.11. The monoisotopic (exact) mass is 424 g/mol. The number of anilines is 2. The predicted octanol–water partition coefficient (Wildman–Crippen LogP) is 4.34. The van der Waals surface area contributed by atoms with Crippen molar-refractivity contribution < 1.29 is 4.79 Å². The van der Waals surface area contributed by atoms with Crippen LogP contribution in [-0.2, 0) is 4.79 Å². The van der Waals surface area contributed by atoms with Crippen LogP contribution in [0, 0.1) is 0 Å². The Bertz CT molecular complexity index is 710. The predicted molar refractivity (Wildman–Crippen MR) is 105 cm³/mol. The first-order valence-corrected chi connectivity index (χ1v) is 9.70. The molecular weight excluding hydrogens is 408 g/mol. The minimum Gasteiger partial charge on any atom is -0.335 e. The molecule has 126 valence electrons. The van der Waals surface area contributed by atoms with Gasteiger partial charge in [-0.25, -0.2) is 0 Å². The van der Waals surface area contributed by atoms with Crippen molar-refractivity contribution in [2.75, 3.05) is 24.2 Å². The molecule has 1 N–H and O–H groups in total. The fraction of sp³-hybridized carbons (Fsp3) is 0.188. The molecular formula is C16H17BrN4OS2. The molecule has 2 rings (SSSR count). The quantitative estimate of drug-likeness (QED) is 0.479. The van der Waals surface area contributed by atoms with Crippen LogP contribution in [0.1, 0.15) is 0 Å². The number of carbonyl (C=O) groups excluding carboxylic acids is 1. The van der Waals surface area contributed by atoms with E-state index in [9.17, 15) is 4.79 Å². The van der Waals surface area contributed by atoms with Crippen molar-refractivity contribution in [3.05, 3.63) is 54.0 Å². The molecule has 0 atom stereocenters. The highest BCUT2D eigenvalue weighted by molar-refractivity contribution is 9.10. The maximum Gasteiger partial charge on any atom is 0.233 e. The summed E-state index contributed by atoms with van der Waals surface area (Å²) in [4.78, 5) is 13.9. The number of nitrogens with one attached hydrogen (secondary N) is 1. The number of hydrogen-bond donors (Lipinski definition) is 1. The van der Waals surface area contributed by atoms with Crippen molar-refractivity contribution in [2.45, 2.75) is 4.34 Å². The molecule has 0 aliphatic heterocycles. The van der Waals surface area contributed by atoms with Gasteiger partial charge in [-0.05, 0) is 18.2 Å². The van der Waals surface area contributed by atoms with Gasteiger partial charge in [-0.15, -0.1) is 23.4 Å². The molecule has 2 aromatic rings. The Hall–Kier alpha value is -1.64. The molecule has 5 nitrogen and oxygen atoms in total. The van der Waals surface area contributed by atoms with Gasteiger partial charge in [-0.1, -0.05) is 57.2 Å². The van der Waals surface area contributed by atoms with E-state index in [0.29, 0.717) is 24.0 Å². The van der Waals surface area contributed by atoms with Crippen LogP contribution in [0.5, 0.6) is 0 Å². The zero-order valence-corrected chi connectivity index (χ0v) is 16.2. The Morgan fingerprint density at radius 3 is 2.75 bits per heavy atom. The van der Waals surface area contributed by atoms with E-state index in [0.717, 1.165) is 14.5 Å². The summed E-state index contributed by atoms with van der Waals surface area (Å²) in [6, 6.07) is 7.80. The number of benzene rings is 1. The minimum atomic E-state index is 0.0245. The first-order chi connectivity index (χ1) is 11.6. The van der Waals surface area contributed by atoms with Crippen LogP contribution in [0.4, 0.5) is 10.8 Å². The molecule has 0 spiro atoms. The summed E-state index contributed by atoms with van der Waals surface area (Å²) in [6.45, 7) is 8.35. The molecule has 1 aromatic carbocycles. The van der Waals surface area contributed by atoms with E-state index in [1.807, 2.05) is 24.3 Å². The normalized spacial score (nSPS) is 10.2. The second-order valence-electron chi connectivity index (χ2n) is 4.67. The van der Waals surface area contributed by atoms with Crippen LogP contribution in [0.25, 0.3) is 0 Å². The summed E-state index contributed by atoms with van der Waals surface area (Å²) >= 11 is 6.22. The van der Waals surface area contributed by atoms with Gasteiger partial charge in [0.15, 0.2) is 4.34 Å². The van der Waals surface area contributed by atoms with Crippen LogP contribution in [0.15, 0.2) is 58.4 Å². The van der Waals surface area contributed by atoms with Crippen molar-refractivity contribution in [1.82, 2.24) is 15.1 Å². The molecule has 1 aromatic heterocycles. The molecule has 0 saturated heterocycles. The van der Waals surface area contributed by atoms with Crippen molar-refractivity contribution in [1.29, 1.82) is 0 Å². The lowest BCUT2D eigenvalue weighted by molar-refractivity contribution is -0.127. The van der Waals surface area contributed by atoms with Gasteiger partial charge in [0.25, 0.3) is 0 Å². The van der Waals surface area contributed by atoms with Gasteiger partial charge < -0.3 is 10.2 Å². The summed E-state index contributed by atoms with van der Waals surface area (Å²) < 4.78 is 1.74. The van der Waals surface area contributed by atoms with E-state index >= 15 is 0 Å². The third-order valence-corrected chi connectivity index (χ3v) is 5.30. The number of thioether (sulfide) groups is 1. The van der Waals surface area contributed by atoms with Crippen LogP contribution in [0.2, 0.25) is 0 Å². The number of halogens is 1. The molecule has 0 saturated carbocycles. The Morgan fingerprint density at radius 2 is 2.08 bits per heavy atom. The van der Waals surface area contributed by atoms with Crippen molar-refractivity contribution in [2.24, 2.45) is 0 Å². The largest absolute Gasteiger partial charge is 0.335 e. The molecule has 0 aliphatic carbocycles. The average molecular weight is 425 g/mol. The summed E-state index contributed by atoms with van der Waals surface area (Å²) in [7, 11) is 0. The zero-order chi connectivity index (χ0) is 17.4. The van der Waals surface area contributed by atoms with Gasteiger partial charge in [0, 0.05) is 23.2 Å². The number of carbonyl (C=O) groups is 1. The van der Waals surface area contributed by atoms with Crippen LogP contribution < -0.4 is 5.32 Å². The topological polar surface area (TPSA) is 58.1 Å². The van der Waals surface area contributed by atoms with E-state index in [-0.39, 0.29) is 5.91 Å². The van der Waals surface area contributed by atoms with E-state index in [1.54, 1.807) is 17.1 Å². The van der Waals surface area contributed by atoms with Gasteiger partial charge in [0.1, 0.15) is 0 Å². The van der Waals surface area contributed by atoms with Crippen molar-refractivity contribution in [3.63, 3.8) is 0 Å². The molecule has 24 heavy (non-hydrogen) atoms. The van der Waals surface area contributed by atoms with Gasteiger partial charge in [0.05, 0.1) is 5.75 Å². The zero-order valence-electron chi connectivity index (χ0n) is 12.9. The molecule has 0 radical (unpaired) electrons. The second-order valence-corrected chi connectivity index (χ2v) is 7.79. The highest BCUT2D eigenvalue weighted by Gasteiger charge is 2.13. The smallest absolute Gasteiger partial charge is 0.233 e. The molecule has 1 heterocycles. The molecule has 8 heteroatoms. The lowest BCUT2D eigenvalue weighted by Crippen LogP contribution is -2.32. The minimum absolute atomic E-state index is 0.0245. The lowest BCUT2D eigenvalue weighted by atomic mass is 10.3. The molecule has 0 bridgehead atoms. The Labute approximate surface area is 158 Å². The Morgan fingerprint density at radius 1 is 1.33 bits per heavy atom. The lowest BCUT2D eigenvalue weighted by Gasteiger charge is -2.18. The Balaban J connectivity index is 1.90. The maximum absolute atomic E-state index is 12.2. The SMILES string of the molecule is C=CCN(CC=C)C(=O)CSc1nnc(Nc2cccc(Br)c2)s1. The second kappa shape index (κ2) is 9.61. The Kier molecular flexibility index (Phi) is 7.48. The van der Waals surface area contributed by atoms with E-state index in [2.05, 4.69) is 44.6 Å². The fourth-order valence-corrected chi connectivity index (χ4v) is 3.89. The third kappa shape index (κ3) is 5.77. The van der Waals surface area contributed by atoms with E-state index < -0.39 is 0 Å². The number of nitrogens with zero attached hydrogens (tertiary/aromatic N) is 3. The van der Waals surface area contributed by atoms with Gasteiger partial charge >= 0.3 is 0 Å². The third-order valence-electron chi connectivity index (χ3n) is 2.85. The number of hydrogen-bond acceptors (Lipinski definition) is 6. The van der Waals surface area contributed by atoms with Gasteiger partial charge in [-0.3, -0.25) is 4.79 Å².